The number of aryl methyl sites for hydroxylation is 1. The summed E-state index contributed by atoms with van der Waals surface area (Å²) in [6, 6.07) is 15.2. The highest BCUT2D eigenvalue weighted by Crippen LogP contribution is 2.32. The molecule has 0 atom stereocenters. The molecule has 0 bridgehead atoms. The Bertz CT molecular complexity index is 1430. The number of halogens is 1. The third-order valence-corrected chi connectivity index (χ3v) is 5.73. The number of benzene rings is 2. The number of nitrogens with zero attached hydrogens (tertiary/aromatic N) is 3. The van der Waals surface area contributed by atoms with Crippen LogP contribution in [0.15, 0.2) is 59.5 Å². The van der Waals surface area contributed by atoms with Gasteiger partial charge in [-0.25, -0.2) is 9.37 Å². The van der Waals surface area contributed by atoms with E-state index >= 15 is 0 Å². The second-order valence-electron chi connectivity index (χ2n) is 7.03. The number of amides is 1. The highest BCUT2D eigenvalue weighted by Gasteiger charge is 2.22. The molecule has 2 heterocycles. The molecule has 8 heteroatoms. The van der Waals surface area contributed by atoms with Gasteiger partial charge >= 0.3 is 0 Å². The van der Waals surface area contributed by atoms with Crippen LogP contribution in [0.4, 0.5) is 15.2 Å². The molecule has 0 spiro atoms. The zero-order valence-corrected chi connectivity index (χ0v) is 18.0. The van der Waals surface area contributed by atoms with E-state index < -0.39 is 17.5 Å². The fourth-order valence-electron chi connectivity index (χ4n) is 3.49. The first kappa shape index (κ1) is 21.2. The number of para-hydroxylation sites is 2. The lowest BCUT2D eigenvalue weighted by Crippen LogP contribution is -2.23. The fourth-order valence-corrected chi connectivity index (χ4v) is 4.32. The lowest BCUT2D eigenvalue weighted by molar-refractivity contribution is -0.115. The van der Waals surface area contributed by atoms with Crippen LogP contribution in [-0.2, 0) is 4.79 Å². The minimum absolute atomic E-state index is 0.0795. The molecular formula is C24H17FN4O2S. The Kier molecular flexibility index (Phi) is 5.67. The monoisotopic (exact) mass is 444 g/mol. The summed E-state index contributed by atoms with van der Waals surface area (Å²) in [4.78, 5) is 34.0. The zero-order valence-electron chi connectivity index (χ0n) is 17.2. The quantitative estimate of drug-likeness (QED) is 0.248. The normalized spacial score (nSPS) is 11.4. The van der Waals surface area contributed by atoms with Crippen LogP contribution in [-0.4, -0.2) is 21.7 Å². The number of aromatic nitrogens is 2. The molecule has 0 radical (unpaired) electrons. The highest BCUT2D eigenvalue weighted by atomic mass is 32.1. The second-order valence-corrected chi connectivity index (χ2v) is 7.87. The van der Waals surface area contributed by atoms with E-state index in [0.717, 1.165) is 27.1 Å². The van der Waals surface area contributed by atoms with Gasteiger partial charge in [-0.1, -0.05) is 30.3 Å². The average Bonchev–Trinajstić information content (AvgIpc) is 3.36. The maximum absolute atomic E-state index is 14.3. The molecule has 2 aromatic carbocycles. The number of hydrogen-bond acceptors (Lipinski definition) is 5. The molecule has 2 aromatic heterocycles. The van der Waals surface area contributed by atoms with Gasteiger partial charge in [0.2, 0.25) is 11.7 Å². The SMILES string of the molecule is CC(=O)N(c1nc(/C=C(\C#N)C(=O)c2c(C)[nH]c3ccccc23)cs1)c1ccccc1F. The Labute approximate surface area is 187 Å². The third-order valence-electron chi connectivity index (χ3n) is 4.89. The van der Waals surface area contributed by atoms with Gasteiger partial charge in [-0.15, -0.1) is 11.3 Å². The summed E-state index contributed by atoms with van der Waals surface area (Å²) in [6.07, 6.45) is 1.38. The number of carbonyl (C=O) groups is 2. The smallest absolute Gasteiger partial charge is 0.230 e. The Morgan fingerprint density at radius 1 is 1.19 bits per heavy atom. The van der Waals surface area contributed by atoms with Crippen LogP contribution in [0.25, 0.3) is 17.0 Å². The number of nitriles is 1. The molecule has 158 valence electrons. The molecular weight excluding hydrogens is 427 g/mol. The summed E-state index contributed by atoms with van der Waals surface area (Å²) in [5, 5.41) is 12.2. The Morgan fingerprint density at radius 3 is 2.62 bits per heavy atom. The molecule has 0 unspecified atom stereocenters. The van der Waals surface area contributed by atoms with Crippen molar-refractivity contribution in [2.24, 2.45) is 0 Å². The summed E-state index contributed by atoms with van der Waals surface area (Å²) < 4.78 is 14.3. The molecule has 0 saturated carbocycles. The van der Waals surface area contributed by atoms with Crippen LogP contribution >= 0.6 is 11.3 Å². The van der Waals surface area contributed by atoms with Crippen LogP contribution in [0.5, 0.6) is 0 Å². The largest absolute Gasteiger partial charge is 0.358 e. The van der Waals surface area contributed by atoms with E-state index in [2.05, 4.69) is 9.97 Å². The van der Waals surface area contributed by atoms with Crippen LogP contribution in [0.1, 0.15) is 28.7 Å². The predicted octanol–water partition coefficient (Wildman–Crippen LogP) is 5.55. The van der Waals surface area contributed by atoms with E-state index in [1.54, 1.807) is 18.4 Å². The van der Waals surface area contributed by atoms with Crippen molar-refractivity contribution in [1.29, 1.82) is 5.26 Å². The van der Waals surface area contributed by atoms with E-state index in [9.17, 15) is 19.2 Å². The van der Waals surface area contributed by atoms with E-state index in [1.807, 2.05) is 30.3 Å². The van der Waals surface area contributed by atoms with Gasteiger partial charge in [0.05, 0.1) is 16.9 Å². The minimum atomic E-state index is -0.558. The molecule has 4 rings (SSSR count). The standard InChI is InChI=1S/C24H17FN4O2S/c1-14-22(18-7-3-5-9-20(18)27-14)23(31)16(12-26)11-17-13-32-24(28-17)29(15(2)30)21-10-6-4-8-19(21)25/h3-11,13,27H,1-2H3/b16-11+. The van der Waals surface area contributed by atoms with Crippen molar-refractivity contribution in [3.05, 3.63) is 82.3 Å². The molecule has 0 aliphatic heterocycles. The molecule has 0 aliphatic rings. The maximum Gasteiger partial charge on any atom is 0.230 e. The zero-order chi connectivity index (χ0) is 22.8. The number of anilines is 2. The molecule has 1 amide bonds. The number of fused-ring (bicyclic) bond motifs is 1. The molecule has 1 N–H and O–H groups in total. The number of rotatable bonds is 5. The highest BCUT2D eigenvalue weighted by molar-refractivity contribution is 7.14. The van der Waals surface area contributed by atoms with Crippen molar-refractivity contribution in [2.75, 3.05) is 4.90 Å². The lowest BCUT2D eigenvalue weighted by Gasteiger charge is -2.18. The van der Waals surface area contributed by atoms with Gasteiger partial charge in [0.25, 0.3) is 0 Å². The fraction of sp³-hybridized carbons (Fsp3) is 0.0833. The Morgan fingerprint density at radius 2 is 1.91 bits per heavy atom. The van der Waals surface area contributed by atoms with E-state index in [-0.39, 0.29) is 16.4 Å². The molecule has 4 aromatic rings. The Balaban J connectivity index is 1.71. The summed E-state index contributed by atoms with van der Waals surface area (Å²) in [6.45, 7) is 3.09. The number of thiazole rings is 1. The minimum Gasteiger partial charge on any atom is -0.358 e. The molecule has 0 saturated heterocycles. The molecule has 32 heavy (non-hydrogen) atoms. The number of Topliss-reactive ketones (excluding diaryl/α,β-unsaturated/α-hetero) is 1. The van der Waals surface area contributed by atoms with Crippen molar-refractivity contribution in [3.63, 3.8) is 0 Å². The van der Waals surface area contributed by atoms with Crippen LogP contribution in [0, 0.1) is 24.1 Å². The van der Waals surface area contributed by atoms with Gasteiger partial charge < -0.3 is 4.98 Å². The van der Waals surface area contributed by atoms with Crippen LogP contribution in [0.2, 0.25) is 0 Å². The van der Waals surface area contributed by atoms with Gasteiger partial charge in [0.15, 0.2) is 5.13 Å². The van der Waals surface area contributed by atoms with Crippen molar-refractivity contribution in [3.8, 4) is 6.07 Å². The summed E-state index contributed by atoms with van der Waals surface area (Å²) in [5.74, 6) is -1.39. The molecule has 0 aliphatic carbocycles. The number of allylic oxidation sites excluding steroid dienone is 1. The maximum atomic E-state index is 14.3. The number of hydrogen-bond donors (Lipinski definition) is 1. The number of aromatic amines is 1. The molecule has 6 nitrogen and oxygen atoms in total. The number of ketones is 1. The average molecular weight is 444 g/mol. The number of carbonyl (C=O) groups excluding carboxylic acids is 2. The van der Waals surface area contributed by atoms with Crippen molar-refractivity contribution in [2.45, 2.75) is 13.8 Å². The lowest BCUT2D eigenvalue weighted by atomic mass is 10.0. The van der Waals surface area contributed by atoms with E-state index in [4.69, 9.17) is 0 Å². The summed E-state index contributed by atoms with van der Waals surface area (Å²) in [5.41, 5.74) is 2.23. The molecule has 0 fully saturated rings. The van der Waals surface area contributed by atoms with Crippen molar-refractivity contribution >= 4 is 50.8 Å². The first-order valence-electron chi connectivity index (χ1n) is 9.65. The van der Waals surface area contributed by atoms with E-state index in [0.29, 0.717) is 17.0 Å². The van der Waals surface area contributed by atoms with Gasteiger partial charge in [0, 0.05) is 28.9 Å². The number of nitrogens with one attached hydrogen (secondary N) is 1. The third kappa shape index (κ3) is 3.82. The van der Waals surface area contributed by atoms with Gasteiger partial charge in [-0.3, -0.25) is 14.5 Å². The van der Waals surface area contributed by atoms with E-state index in [1.165, 1.54) is 31.2 Å². The Hall–Kier alpha value is -4.09. The van der Waals surface area contributed by atoms with Crippen LogP contribution in [0.3, 0.4) is 0 Å². The summed E-state index contributed by atoms with van der Waals surface area (Å²) in [7, 11) is 0. The second kappa shape index (κ2) is 8.57. The van der Waals surface area contributed by atoms with Gasteiger partial charge in [-0.2, -0.15) is 5.26 Å². The number of H-pyrrole nitrogens is 1. The van der Waals surface area contributed by atoms with Crippen molar-refractivity contribution in [1.82, 2.24) is 9.97 Å². The van der Waals surface area contributed by atoms with Gasteiger partial charge in [-0.05, 0) is 31.2 Å². The summed E-state index contributed by atoms with van der Waals surface area (Å²) >= 11 is 1.11. The van der Waals surface area contributed by atoms with Crippen molar-refractivity contribution < 1.29 is 14.0 Å². The van der Waals surface area contributed by atoms with Gasteiger partial charge in [0.1, 0.15) is 17.5 Å². The first-order chi connectivity index (χ1) is 15.4. The van der Waals surface area contributed by atoms with Crippen LogP contribution < -0.4 is 4.90 Å². The topological polar surface area (TPSA) is 89.8 Å². The predicted molar refractivity (Wildman–Crippen MR) is 122 cm³/mol. The first-order valence-corrected chi connectivity index (χ1v) is 10.5.